The van der Waals surface area contributed by atoms with E-state index in [1.165, 1.54) is 44.9 Å². The lowest BCUT2D eigenvalue weighted by Crippen LogP contribution is -2.55. The molecule has 0 saturated carbocycles. The van der Waals surface area contributed by atoms with Crippen LogP contribution in [-0.4, -0.2) is 42.1 Å². The van der Waals surface area contributed by atoms with Gasteiger partial charge in [-0.25, -0.2) is 4.39 Å². The molecule has 0 bridgehead atoms. The predicted octanol–water partition coefficient (Wildman–Crippen LogP) is 4.46. The Morgan fingerprint density at radius 2 is 1.74 bits per heavy atom. The minimum Gasteiger partial charge on any atom is -0.494 e. The van der Waals surface area contributed by atoms with Gasteiger partial charge in [-0.05, 0) is 62.0 Å². The Hall–Kier alpha value is -1.91. The van der Waals surface area contributed by atoms with Crippen LogP contribution < -0.4 is 4.74 Å². The fourth-order valence-electron chi connectivity index (χ4n) is 4.91. The molecule has 3 nitrogen and oxygen atoms in total. The molecule has 2 aromatic carbocycles. The van der Waals surface area contributed by atoms with Crippen molar-refractivity contribution in [2.45, 2.75) is 44.3 Å². The number of rotatable bonds is 5. The van der Waals surface area contributed by atoms with Crippen LogP contribution in [0.3, 0.4) is 0 Å². The summed E-state index contributed by atoms with van der Waals surface area (Å²) in [4.78, 5) is 5.21. The second kappa shape index (κ2) is 7.99. The summed E-state index contributed by atoms with van der Waals surface area (Å²) in [6.45, 7) is 5.22. The fraction of sp³-hybridized carbons (Fsp3) is 0.478. The number of hydrogen-bond donors (Lipinski definition) is 0. The molecule has 2 fully saturated rings. The molecular weight excluding hydrogens is 339 g/mol. The third-order valence-corrected chi connectivity index (χ3v) is 6.21. The van der Waals surface area contributed by atoms with Crippen molar-refractivity contribution < 1.29 is 9.13 Å². The Kier molecular flexibility index (Phi) is 5.46. The zero-order chi connectivity index (χ0) is 18.7. The summed E-state index contributed by atoms with van der Waals surface area (Å²) in [7, 11) is 1.51. The molecule has 0 aromatic heterocycles. The maximum Gasteiger partial charge on any atom is 0.165 e. The van der Waals surface area contributed by atoms with E-state index in [-0.39, 0.29) is 11.4 Å². The van der Waals surface area contributed by atoms with Crippen molar-refractivity contribution in [3.8, 4) is 5.75 Å². The molecule has 2 aromatic rings. The Bertz CT molecular complexity index is 766. The van der Waals surface area contributed by atoms with Crippen molar-refractivity contribution in [3.05, 3.63) is 65.5 Å². The average molecular weight is 368 g/mol. The van der Waals surface area contributed by atoms with Gasteiger partial charge < -0.3 is 4.74 Å². The Balaban J connectivity index is 1.47. The SMILES string of the molecule is COc1ccc(CN2CCC[C@@]23CCCN(Cc2ccccc2)C3)cc1F. The smallest absolute Gasteiger partial charge is 0.165 e. The number of nitrogens with zero attached hydrogens (tertiary/aromatic N) is 2. The number of likely N-dealkylation sites (tertiary alicyclic amines) is 2. The van der Waals surface area contributed by atoms with Gasteiger partial charge in [-0.1, -0.05) is 36.4 Å². The highest BCUT2D eigenvalue weighted by Gasteiger charge is 2.43. The van der Waals surface area contributed by atoms with Crippen LogP contribution in [0.15, 0.2) is 48.5 Å². The molecule has 2 aliphatic rings. The summed E-state index contributed by atoms with van der Waals surface area (Å²) in [6, 6.07) is 16.1. The third kappa shape index (κ3) is 4.02. The largest absolute Gasteiger partial charge is 0.494 e. The van der Waals surface area contributed by atoms with E-state index in [9.17, 15) is 4.39 Å². The van der Waals surface area contributed by atoms with Gasteiger partial charge >= 0.3 is 0 Å². The van der Waals surface area contributed by atoms with Crippen molar-refractivity contribution in [3.63, 3.8) is 0 Å². The molecule has 2 heterocycles. The first-order valence-electron chi connectivity index (χ1n) is 10.0. The lowest BCUT2D eigenvalue weighted by Gasteiger charge is -2.46. The number of ether oxygens (including phenoxy) is 1. The van der Waals surface area contributed by atoms with Crippen LogP contribution in [0.1, 0.15) is 36.8 Å². The van der Waals surface area contributed by atoms with Gasteiger partial charge in [0.15, 0.2) is 11.6 Å². The molecule has 0 N–H and O–H groups in total. The van der Waals surface area contributed by atoms with Crippen molar-refractivity contribution in [1.29, 1.82) is 0 Å². The second-order valence-corrected chi connectivity index (χ2v) is 8.02. The molecule has 0 radical (unpaired) electrons. The molecule has 1 atom stereocenters. The quantitative estimate of drug-likeness (QED) is 0.775. The van der Waals surface area contributed by atoms with E-state index in [1.807, 2.05) is 6.07 Å². The topological polar surface area (TPSA) is 15.7 Å². The zero-order valence-corrected chi connectivity index (χ0v) is 16.2. The first kappa shape index (κ1) is 18.5. The summed E-state index contributed by atoms with van der Waals surface area (Å²) in [6.07, 6.45) is 4.96. The molecular formula is C23H29FN2O. The average Bonchev–Trinajstić information content (AvgIpc) is 3.04. The molecule has 2 aliphatic heterocycles. The highest BCUT2D eigenvalue weighted by molar-refractivity contribution is 5.29. The summed E-state index contributed by atoms with van der Waals surface area (Å²) < 4.78 is 19.2. The van der Waals surface area contributed by atoms with Crippen LogP contribution in [0.5, 0.6) is 5.75 Å². The van der Waals surface area contributed by atoms with Crippen molar-refractivity contribution in [1.82, 2.24) is 9.80 Å². The van der Waals surface area contributed by atoms with Crippen LogP contribution >= 0.6 is 0 Å². The number of methoxy groups -OCH3 is 1. The number of benzene rings is 2. The maximum absolute atomic E-state index is 14.1. The first-order valence-corrected chi connectivity index (χ1v) is 10.0. The predicted molar refractivity (Wildman–Crippen MR) is 106 cm³/mol. The normalized spacial score (nSPS) is 23.8. The lowest BCUT2D eigenvalue weighted by atomic mass is 9.86. The van der Waals surface area contributed by atoms with Crippen molar-refractivity contribution in [2.24, 2.45) is 0 Å². The molecule has 2 saturated heterocycles. The van der Waals surface area contributed by atoms with Crippen LogP contribution in [0.2, 0.25) is 0 Å². The minimum atomic E-state index is -0.266. The summed E-state index contributed by atoms with van der Waals surface area (Å²) in [5.41, 5.74) is 2.66. The fourth-order valence-corrected chi connectivity index (χ4v) is 4.91. The van der Waals surface area contributed by atoms with E-state index in [4.69, 9.17) is 4.74 Å². The van der Waals surface area contributed by atoms with E-state index < -0.39 is 0 Å². The molecule has 27 heavy (non-hydrogen) atoms. The Morgan fingerprint density at radius 1 is 0.963 bits per heavy atom. The monoisotopic (exact) mass is 368 g/mol. The molecule has 0 aliphatic carbocycles. The van der Waals surface area contributed by atoms with Crippen LogP contribution in [0.4, 0.5) is 4.39 Å². The van der Waals surface area contributed by atoms with E-state index in [1.54, 1.807) is 12.1 Å². The molecule has 4 rings (SSSR count). The van der Waals surface area contributed by atoms with E-state index >= 15 is 0 Å². The van der Waals surface area contributed by atoms with Gasteiger partial charge in [-0.3, -0.25) is 9.80 Å². The first-order chi connectivity index (χ1) is 13.2. The van der Waals surface area contributed by atoms with Gasteiger partial charge in [-0.2, -0.15) is 0 Å². The van der Waals surface area contributed by atoms with Gasteiger partial charge in [0.05, 0.1) is 7.11 Å². The molecule has 0 unspecified atom stereocenters. The number of piperidine rings is 1. The summed E-state index contributed by atoms with van der Waals surface area (Å²) >= 11 is 0. The number of halogens is 1. The third-order valence-electron chi connectivity index (χ3n) is 6.21. The Morgan fingerprint density at radius 3 is 2.48 bits per heavy atom. The molecule has 4 heteroatoms. The maximum atomic E-state index is 14.1. The number of hydrogen-bond acceptors (Lipinski definition) is 3. The van der Waals surface area contributed by atoms with Gasteiger partial charge in [0, 0.05) is 25.2 Å². The highest BCUT2D eigenvalue weighted by atomic mass is 19.1. The van der Waals surface area contributed by atoms with E-state index in [0.29, 0.717) is 5.75 Å². The lowest BCUT2D eigenvalue weighted by molar-refractivity contribution is 0.0328. The van der Waals surface area contributed by atoms with Crippen molar-refractivity contribution in [2.75, 3.05) is 26.7 Å². The van der Waals surface area contributed by atoms with Gasteiger partial charge in [0.1, 0.15) is 0 Å². The van der Waals surface area contributed by atoms with Crippen LogP contribution in [0.25, 0.3) is 0 Å². The highest BCUT2D eigenvalue weighted by Crippen LogP contribution is 2.38. The summed E-state index contributed by atoms with van der Waals surface area (Å²) in [5, 5.41) is 0. The molecule has 144 valence electrons. The summed E-state index contributed by atoms with van der Waals surface area (Å²) in [5.74, 6) is 0.0548. The van der Waals surface area contributed by atoms with Crippen LogP contribution in [-0.2, 0) is 13.1 Å². The van der Waals surface area contributed by atoms with Crippen molar-refractivity contribution >= 4 is 0 Å². The standard InChI is InChI=1S/C23H29FN2O/c1-27-22-10-9-20(15-21(22)24)17-26-14-6-12-23(26)11-5-13-25(18-23)16-19-7-3-2-4-8-19/h2-4,7-10,15H,5-6,11-14,16-18H2,1H3/t23-/m1/s1. The van der Waals surface area contributed by atoms with Gasteiger partial charge in [-0.15, -0.1) is 0 Å². The van der Waals surface area contributed by atoms with Gasteiger partial charge in [0.2, 0.25) is 0 Å². The van der Waals surface area contributed by atoms with Crippen LogP contribution in [0, 0.1) is 5.82 Å². The van der Waals surface area contributed by atoms with E-state index in [2.05, 4.69) is 40.1 Å². The zero-order valence-electron chi connectivity index (χ0n) is 16.2. The molecule has 1 spiro atoms. The van der Waals surface area contributed by atoms with Gasteiger partial charge in [0.25, 0.3) is 0 Å². The minimum absolute atomic E-state index is 0.240. The molecule has 0 amide bonds. The Labute approximate surface area is 161 Å². The van der Waals surface area contributed by atoms with E-state index in [0.717, 1.165) is 31.7 Å². The second-order valence-electron chi connectivity index (χ2n) is 8.02.